The predicted octanol–water partition coefficient (Wildman–Crippen LogP) is 7.03. The summed E-state index contributed by atoms with van der Waals surface area (Å²) in [4.78, 5) is 26.4. The summed E-state index contributed by atoms with van der Waals surface area (Å²) >= 11 is 0. The van der Waals surface area contributed by atoms with Crippen LogP contribution >= 0.6 is 0 Å². The van der Waals surface area contributed by atoms with E-state index in [1.54, 1.807) is 12.1 Å². The first-order chi connectivity index (χ1) is 19.7. The number of halogens is 3. The molecule has 2 amide bonds. The minimum atomic E-state index is -4.70. The summed E-state index contributed by atoms with van der Waals surface area (Å²) in [5.74, 6) is -0.485. The minimum Gasteiger partial charge on any atom is -0.381 e. The van der Waals surface area contributed by atoms with Crippen molar-refractivity contribution < 1.29 is 27.5 Å². The average Bonchev–Trinajstić information content (AvgIpc) is 3.29. The molecule has 224 valence electrons. The molecule has 9 heteroatoms. The molecule has 3 aliphatic rings. The molecule has 2 saturated carbocycles. The molecule has 5 rings (SSSR count). The molecule has 1 aliphatic heterocycles. The molecule has 3 fully saturated rings. The first-order valence-electron chi connectivity index (χ1n) is 15.3. The number of ether oxygens (including phenoxy) is 1. The van der Waals surface area contributed by atoms with Crippen LogP contribution in [0.2, 0.25) is 0 Å². The van der Waals surface area contributed by atoms with Gasteiger partial charge in [0.1, 0.15) is 0 Å². The van der Waals surface area contributed by atoms with Crippen LogP contribution in [0.1, 0.15) is 109 Å². The number of nitrogens with zero attached hydrogens (tertiary/aromatic N) is 1. The molecule has 1 saturated heterocycles. The Hall–Kier alpha value is -2.81. The van der Waals surface area contributed by atoms with E-state index in [1.165, 1.54) is 12.5 Å². The molecular formula is C32H42F3N3O3. The van der Waals surface area contributed by atoms with E-state index in [0.717, 1.165) is 82.4 Å². The number of nitrogens with one attached hydrogen (secondary N) is 2. The maximum absolute atomic E-state index is 14.4. The Labute approximate surface area is 240 Å². The van der Waals surface area contributed by atoms with Gasteiger partial charge in [-0.25, -0.2) is 0 Å². The van der Waals surface area contributed by atoms with Gasteiger partial charge in [-0.2, -0.15) is 13.2 Å². The highest BCUT2D eigenvalue weighted by molar-refractivity contribution is 5.98. The molecule has 0 bridgehead atoms. The van der Waals surface area contributed by atoms with Gasteiger partial charge in [-0.05, 0) is 75.1 Å². The lowest BCUT2D eigenvalue weighted by Crippen LogP contribution is -2.39. The Balaban J connectivity index is 1.49. The van der Waals surface area contributed by atoms with Crippen molar-refractivity contribution in [2.75, 3.05) is 13.2 Å². The van der Waals surface area contributed by atoms with Crippen molar-refractivity contribution in [3.63, 3.8) is 0 Å². The van der Waals surface area contributed by atoms with Gasteiger partial charge in [0.25, 0.3) is 11.8 Å². The maximum atomic E-state index is 14.4. The van der Waals surface area contributed by atoms with Crippen molar-refractivity contribution in [3.05, 3.63) is 46.6 Å². The molecule has 2 aromatic rings. The third-order valence-electron chi connectivity index (χ3n) is 9.14. The van der Waals surface area contributed by atoms with E-state index in [-0.39, 0.29) is 23.6 Å². The monoisotopic (exact) mass is 573 g/mol. The van der Waals surface area contributed by atoms with Crippen molar-refractivity contribution in [2.45, 2.75) is 109 Å². The number of benzene rings is 1. The second kappa shape index (κ2) is 13.0. The lowest BCUT2D eigenvalue weighted by atomic mass is 9.89. The summed E-state index contributed by atoms with van der Waals surface area (Å²) in [7, 11) is 0. The predicted molar refractivity (Wildman–Crippen MR) is 152 cm³/mol. The van der Waals surface area contributed by atoms with Crippen LogP contribution in [-0.2, 0) is 17.5 Å². The first kappa shape index (κ1) is 29.7. The second-order valence-corrected chi connectivity index (χ2v) is 12.1. The van der Waals surface area contributed by atoms with Crippen LogP contribution in [0, 0.1) is 12.8 Å². The summed E-state index contributed by atoms with van der Waals surface area (Å²) < 4.78 is 50.5. The van der Waals surface area contributed by atoms with Gasteiger partial charge in [-0.1, -0.05) is 44.6 Å². The molecule has 2 N–H and O–H groups in total. The standard InChI is InChI=1S/C32H42F3N3O3/c1-21-27(31(40)37-25-14-16-41-17-15-25)19-29(38(21)20-22-8-4-2-5-9-22)23-12-13-26(28(18-23)32(33,34)35)30(39)36-24-10-6-3-7-11-24/h12-13,18-19,22,24-25H,2-11,14-17,20H2,1H3,(H,36,39)(H,37,40). The Morgan fingerprint density at radius 2 is 1.41 bits per heavy atom. The van der Waals surface area contributed by atoms with Crippen LogP contribution in [0.3, 0.4) is 0 Å². The van der Waals surface area contributed by atoms with Crippen LogP contribution in [0.4, 0.5) is 13.2 Å². The van der Waals surface area contributed by atoms with Crippen LogP contribution in [0.25, 0.3) is 11.3 Å². The molecule has 0 radical (unpaired) electrons. The molecule has 0 atom stereocenters. The molecule has 2 aliphatic carbocycles. The fourth-order valence-corrected chi connectivity index (χ4v) is 6.73. The molecule has 1 aromatic carbocycles. The Morgan fingerprint density at radius 3 is 2.05 bits per heavy atom. The molecular weight excluding hydrogens is 531 g/mol. The van der Waals surface area contributed by atoms with E-state index in [1.807, 2.05) is 11.5 Å². The number of rotatable bonds is 7. The summed E-state index contributed by atoms with van der Waals surface area (Å²) in [5.41, 5.74) is 0.870. The topological polar surface area (TPSA) is 72.4 Å². The molecule has 0 spiro atoms. The zero-order chi connectivity index (χ0) is 29.0. The number of amides is 2. The van der Waals surface area contributed by atoms with Gasteiger partial charge in [-0.3, -0.25) is 9.59 Å². The SMILES string of the molecule is Cc1c(C(=O)NC2CCOCC2)cc(-c2ccc(C(=O)NC3CCCCC3)c(C(F)(F)F)c2)n1CC1CCCCC1. The Kier molecular flexibility index (Phi) is 9.42. The Bertz CT molecular complexity index is 1220. The highest BCUT2D eigenvalue weighted by atomic mass is 19.4. The van der Waals surface area contributed by atoms with Crippen molar-refractivity contribution in [1.29, 1.82) is 0 Å². The fraction of sp³-hybridized carbons (Fsp3) is 0.625. The van der Waals surface area contributed by atoms with Crippen molar-refractivity contribution in [2.24, 2.45) is 5.92 Å². The van der Waals surface area contributed by atoms with Gasteiger partial charge in [0, 0.05) is 43.2 Å². The van der Waals surface area contributed by atoms with Gasteiger partial charge < -0.3 is 19.9 Å². The highest BCUT2D eigenvalue weighted by Gasteiger charge is 2.36. The van der Waals surface area contributed by atoms with Gasteiger partial charge in [-0.15, -0.1) is 0 Å². The quantitative estimate of drug-likeness (QED) is 0.373. The number of aromatic nitrogens is 1. The molecule has 41 heavy (non-hydrogen) atoms. The smallest absolute Gasteiger partial charge is 0.381 e. The zero-order valence-corrected chi connectivity index (χ0v) is 24.0. The van der Waals surface area contributed by atoms with E-state index < -0.39 is 17.6 Å². The number of hydrogen-bond donors (Lipinski definition) is 2. The van der Waals surface area contributed by atoms with E-state index in [4.69, 9.17) is 4.74 Å². The minimum absolute atomic E-state index is 0.0135. The highest BCUT2D eigenvalue weighted by Crippen LogP contribution is 2.37. The van der Waals surface area contributed by atoms with E-state index in [2.05, 4.69) is 10.6 Å². The summed E-state index contributed by atoms with van der Waals surface area (Å²) in [6.45, 7) is 3.72. The third-order valence-corrected chi connectivity index (χ3v) is 9.14. The van der Waals surface area contributed by atoms with Gasteiger partial charge in [0.15, 0.2) is 0 Å². The van der Waals surface area contributed by atoms with Gasteiger partial charge in [0.2, 0.25) is 0 Å². The van der Waals surface area contributed by atoms with E-state index in [0.29, 0.717) is 42.5 Å². The molecule has 6 nitrogen and oxygen atoms in total. The normalized spacial score (nSPS) is 19.7. The summed E-state index contributed by atoms with van der Waals surface area (Å²) in [6, 6.07) is 5.62. The van der Waals surface area contributed by atoms with Crippen molar-refractivity contribution in [3.8, 4) is 11.3 Å². The van der Waals surface area contributed by atoms with Crippen LogP contribution < -0.4 is 10.6 Å². The first-order valence-corrected chi connectivity index (χ1v) is 15.3. The number of carbonyl (C=O) groups is 2. The van der Waals surface area contributed by atoms with Crippen LogP contribution in [0.15, 0.2) is 24.3 Å². The van der Waals surface area contributed by atoms with Gasteiger partial charge >= 0.3 is 6.18 Å². The summed E-state index contributed by atoms with van der Waals surface area (Å²) in [6.07, 6.45) is 6.99. The van der Waals surface area contributed by atoms with Crippen molar-refractivity contribution in [1.82, 2.24) is 15.2 Å². The number of hydrogen-bond acceptors (Lipinski definition) is 3. The van der Waals surface area contributed by atoms with Crippen molar-refractivity contribution >= 4 is 11.8 Å². The largest absolute Gasteiger partial charge is 0.417 e. The average molecular weight is 574 g/mol. The molecule has 0 unspecified atom stereocenters. The fourth-order valence-electron chi connectivity index (χ4n) is 6.73. The number of alkyl halides is 3. The number of carbonyl (C=O) groups excluding carboxylic acids is 2. The van der Waals surface area contributed by atoms with Gasteiger partial charge in [0.05, 0.1) is 16.7 Å². The van der Waals surface area contributed by atoms with Crippen LogP contribution in [-0.4, -0.2) is 41.7 Å². The molecule has 1 aromatic heterocycles. The molecule has 2 heterocycles. The van der Waals surface area contributed by atoms with E-state index in [9.17, 15) is 22.8 Å². The van der Waals surface area contributed by atoms with Crippen LogP contribution in [0.5, 0.6) is 0 Å². The second-order valence-electron chi connectivity index (χ2n) is 12.1. The Morgan fingerprint density at radius 1 is 0.829 bits per heavy atom. The summed E-state index contributed by atoms with van der Waals surface area (Å²) in [5, 5.41) is 5.94. The maximum Gasteiger partial charge on any atom is 0.417 e. The van der Waals surface area contributed by atoms with E-state index >= 15 is 0 Å². The third kappa shape index (κ3) is 7.16. The zero-order valence-electron chi connectivity index (χ0n) is 24.0. The lowest BCUT2D eigenvalue weighted by Gasteiger charge is -2.25. The lowest BCUT2D eigenvalue weighted by molar-refractivity contribution is -0.137.